The van der Waals surface area contributed by atoms with Crippen LogP contribution in [0.4, 0.5) is 8.78 Å². The summed E-state index contributed by atoms with van der Waals surface area (Å²) in [4.78, 5) is 26.0. The second-order valence-electron chi connectivity index (χ2n) is 7.28. The van der Waals surface area contributed by atoms with E-state index in [0.717, 1.165) is 32.1 Å². The van der Waals surface area contributed by atoms with E-state index in [1.165, 1.54) is 23.1 Å². The van der Waals surface area contributed by atoms with Crippen LogP contribution in [0.1, 0.15) is 56.9 Å². The van der Waals surface area contributed by atoms with E-state index in [1.807, 2.05) is 0 Å². The molecule has 1 N–H and O–H groups in total. The van der Waals surface area contributed by atoms with Gasteiger partial charge in [-0.25, -0.2) is 8.78 Å². The number of aliphatic carboxylic acids is 1. The van der Waals surface area contributed by atoms with E-state index in [2.05, 4.69) is 0 Å². The van der Waals surface area contributed by atoms with Gasteiger partial charge < -0.3 is 10.0 Å². The summed E-state index contributed by atoms with van der Waals surface area (Å²) < 4.78 is 28.1. The van der Waals surface area contributed by atoms with E-state index in [1.54, 1.807) is 0 Å². The van der Waals surface area contributed by atoms with E-state index in [9.17, 15) is 23.5 Å². The van der Waals surface area contributed by atoms with Crippen molar-refractivity contribution in [2.24, 2.45) is 5.41 Å². The number of carboxylic acids is 1. The third-order valence-electron chi connectivity index (χ3n) is 5.73. The van der Waals surface area contributed by atoms with Gasteiger partial charge >= 0.3 is 5.97 Å². The predicted octanol–water partition coefficient (Wildman–Crippen LogP) is 3.88. The van der Waals surface area contributed by atoms with Crippen LogP contribution in [0.5, 0.6) is 0 Å². The molecule has 0 heterocycles. The zero-order valence-electron chi connectivity index (χ0n) is 14.1. The van der Waals surface area contributed by atoms with Crippen LogP contribution in [0.25, 0.3) is 0 Å². The average molecular weight is 351 g/mol. The molecule has 136 valence electrons. The minimum absolute atomic E-state index is 0.0718. The molecule has 0 bridgehead atoms. The molecule has 2 aliphatic carbocycles. The highest BCUT2D eigenvalue weighted by Crippen LogP contribution is 2.45. The second kappa shape index (κ2) is 7.10. The zero-order valence-corrected chi connectivity index (χ0v) is 14.1. The minimum Gasteiger partial charge on any atom is -0.481 e. The Balaban J connectivity index is 1.82. The van der Waals surface area contributed by atoms with Crippen LogP contribution in [0.3, 0.4) is 0 Å². The van der Waals surface area contributed by atoms with Gasteiger partial charge in [0.05, 0.1) is 12.0 Å². The highest BCUT2D eigenvalue weighted by molar-refractivity contribution is 5.86. The lowest BCUT2D eigenvalue weighted by Gasteiger charge is -2.39. The molecule has 0 saturated heterocycles. The van der Waals surface area contributed by atoms with Crippen LogP contribution in [-0.2, 0) is 16.1 Å². The van der Waals surface area contributed by atoms with E-state index >= 15 is 0 Å². The molecule has 3 rings (SSSR count). The molecule has 25 heavy (non-hydrogen) atoms. The van der Waals surface area contributed by atoms with Gasteiger partial charge in [-0.1, -0.05) is 25.3 Å². The quantitative estimate of drug-likeness (QED) is 0.846. The van der Waals surface area contributed by atoms with Crippen molar-refractivity contribution in [1.29, 1.82) is 0 Å². The van der Waals surface area contributed by atoms with Gasteiger partial charge in [-0.05, 0) is 37.8 Å². The van der Waals surface area contributed by atoms with Crippen LogP contribution in [0, 0.1) is 17.0 Å². The van der Waals surface area contributed by atoms with Crippen LogP contribution in [-0.4, -0.2) is 27.9 Å². The second-order valence-corrected chi connectivity index (χ2v) is 7.28. The third kappa shape index (κ3) is 3.53. The molecule has 4 nitrogen and oxygen atoms in total. The number of nitrogens with zero attached hydrogens (tertiary/aromatic N) is 1. The Morgan fingerprint density at radius 1 is 1.12 bits per heavy atom. The van der Waals surface area contributed by atoms with Crippen molar-refractivity contribution < 1.29 is 23.5 Å². The molecule has 2 fully saturated rings. The summed E-state index contributed by atoms with van der Waals surface area (Å²) in [6.45, 7) is -0.141. The molecule has 6 heteroatoms. The van der Waals surface area contributed by atoms with Crippen molar-refractivity contribution in [3.05, 3.63) is 35.4 Å². The van der Waals surface area contributed by atoms with Gasteiger partial charge in [-0.15, -0.1) is 0 Å². The number of halogens is 2. The molecule has 0 aliphatic heterocycles. The molecule has 1 aromatic rings. The lowest BCUT2D eigenvalue weighted by atomic mass is 9.66. The van der Waals surface area contributed by atoms with Crippen LogP contribution in [0.15, 0.2) is 18.2 Å². The maximum Gasteiger partial charge on any atom is 0.310 e. The number of rotatable bonds is 6. The van der Waals surface area contributed by atoms with E-state index in [4.69, 9.17) is 0 Å². The largest absolute Gasteiger partial charge is 0.481 e. The molecule has 1 aromatic carbocycles. The summed E-state index contributed by atoms with van der Waals surface area (Å²) in [5.41, 5.74) is -1.12. The summed E-state index contributed by atoms with van der Waals surface area (Å²) >= 11 is 0. The Hall–Kier alpha value is -1.98. The summed E-state index contributed by atoms with van der Waals surface area (Å²) in [6, 6.07) is 3.59. The Morgan fingerprint density at radius 3 is 2.20 bits per heavy atom. The summed E-state index contributed by atoms with van der Waals surface area (Å²) in [6.07, 6.45) is 5.21. The highest BCUT2D eigenvalue weighted by Gasteiger charge is 2.47. The Labute approximate surface area is 145 Å². The van der Waals surface area contributed by atoms with Gasteiger partial charge in [0.1, 0.15) is 11.6 Å². The van der Waals surface area contributed by atoms with E-state index in [-0.39, 0.29) is 30.5 Å². The predicted molar refractivity (Wildman–Crippen MR) is 87.7 cm³/mol. The first-order valence-corrected chi connectivity index (χ1v) is 8.89. The fourth-order valence-electron chi connectivity index (χ4n) is 3.95. The summed E-state index contributed by atoms with van der Waals surface area (Å²) in [7, 11) is 0. The molecule has 0 atom stereocenters. The first kappa shape index (κ1) is 17.8. The number of carbonyl (C=O) groups is 2. The van der Waals surface area contributed by atoms with Gasteiger partial charge in [-0.2, -0.15) is 0 Å². The number of hydrogen-bond acceptors (Lipinski definition) is 2. The Kier molecular flexibility index (Phi) is 5.06. The molecule has 0 radical (unpaired) electrons. The fraction of sp³-hybridized carbons (Fsp3) is 0.579. The molecular weight excluding hydrogens is 328 g/mol. The Bertz CT molecular complexity index is 646. The number of hydrogen-bond donors (Lipinski definition) is 1. The van der Waals surface area contributed by atoms with Gasteiger partial charge in [0, 0.05) is 18.0 Å². The third-order valence-corrected chi connectivity index (χ3v) is 5.73. The maximum absolute atomic E-state index is 14.0. The van der Waals surface area contributed by atoms with Crippen molar-refractivity contribution in [1.82, 2.24) is 4.90 Å². The average Bonchev–Trinajstić information content (AvgIpc) is 3.04. The SMILES string of the molecule is O=C(CC1(C(=O)O)CCC1)N(Cc1c(F)cccc1F)C1CCCC1. The minimum atomic E-state index is -0.998. The molecular formula is C19H23F2NO3. The summed E-state index contributed by atoms with van der Waals surface area (Å²) in [5, 5.41) is 9.47. The lowest BCUT2D eigenvalue weighted by molar-refractivity contribution is -0.160. The molecule has 0 aromatic heterocycles. The van der Waals surface area contributed by atoms with Gasteiger partial charge in [0.15, 0.2) is 0 Å². The zero-order chi connectivity index (χ0) is 18.0. The number of amides is 1. The van der Waals surface area contributed by atoms with Crippen molar-refractivity contribution in [2.45, 2.75) is 64.0 Å². The van der Waals surface area contributed by atoms with E-state index < -0.39 is 23.0 Å². The molecule has 2 aliphatic rings. The summed E-state index contributed by atoms with van der Waals surface area (Å²) in [5.74, 6) is -2.60. The molecule has 1 amide bonds. The normalized spacial score (nSPS) is 19.4. The lowest BCUT2D eigenvalue weighted by Crippen LogP contribution is -2.46. The highest BCUT2D eigenvalue weighted by atomic mass is 19.1. The fourth-order valence-corrected chi connectivity index (χ4v) is 3.95. The number of carbonyl (C=O) groups excluding carboxylic acids is 1. The molecule has 0 spiro atoms. The van der Waals surface area contributed by atoms with Gasteiger partial charge in [0.2, 0.25) is 5.91 Å². The van der Waals surface area contributed by atoms with E-state index in [0.29, 0.717) is 12.8 Å². The topological polar surface area (TPSA) is 57.6 Å². The molecule has 2 saturated carbocycles. The van der Waals surface area contributed by atoms with Crippen molar-refractivity contribution in [2.75, 3.05) is 0 Å². The first-order valence-electron chi connectivity index (χ1n) is 8.89. The molecule has 0 unspecified atom stereocenters. The standard InChI is InChI=1S/C19H23F2NO3/c20-15-7-3-8-16(21)14(15)12-22(13-5-1-2-6-13)17(23)11-19(18(24)25)9-4-10-19/h3,7-8,13H,1-2,4-6,9-12H2,(H,24,25). The first-order chi connectivity index (χ1) is 11.9. The van der Waals surface area contributed by atoms with Crippen molar-refractivity contribution >= 4 is 11.9 Å². The van der Waals surface area contributed by atoms with Crippen LogP contribution in [0.2, 0.25) is 0 Å². The van der Waals surface area contributed by atoms with Crippen LogP contribution >= 0.6 is 0 Å². The number of carboxylic acid groups (broad SMARTS) is 1. The van der Waals surface area contributed by atoms with Crippen LogP contribution < -0.4 is 0 Å². The number of benzene rings is 1. The van der Waals surface area contributed by atoms with Gasteiger partial charge in [-0.3, -0.25) is 9.59 Å². The van der Waals surface area contributed by atoms with Crippen molar-refractivity contribution in [3.63, 3.8) is 0 Å². The Morgan fingerprint density at radius 2 is 1.72 bits per heavy atom. The van der Waals surface area contributed by atoms with Gasteiger partial charge in [0.25, 0.3) is 0 Å². The smallest absolute Gasteiger partial charge is 0.310 e. The monoisotopic (exact) mass is 351 g/mol. The maximum atomic E-state index is 14.0. The van der Waals surface area contributed by atoms with Crippen molar-refractivity contribution in [3.8, 4) is 0 Å².